The third-order valence-corrected chi connectivity index (χ3v) is 4.47. The second-order valence-electron chi connectivity index (χ2n) is 6.23. The van der Waals surface area contributed by atoms with Gasteiger partial charge in [-0.2, -0.15) is 0 Å². The van der Waals surface area contributed by atoms with Crippen molar-refractivity contribution in [3.63, 3.8) is 0 Å². The maximum absolute atomic E-state index is 14.3. The van der Waals surface area contributed by atoms with Gasteiger partial charge in [-0.05, 0) is 56.0 Å². The Balaban J connectivity index is 0.00000272. The maximum atomic E-state index is 14.3. The lowest BCUT2D eigenvalue weighted by molar-refractivity contribution is -0.143. The average Bonchev–Trinajstić information content (AvgIpc) is 2.71. The molecule has 0 atom stereocenters. The van der Waals surface area contributed by atoms with E-state index in [0.717, 1.165) is 17.2 Å². The van der Waals surface area contributed by atoms with Gasteiger partial charge in [0, 0.05) is 25.5 Å². The lowest BCUT2D eigenvalue weighted by Gasteiger charge is -2.14. The van der Waals surface area contributed by atoms with E-state index >= 15 is 0 Å². The Bertz CT molecular complexity index is 857. The van der Waals surface area contributed by atoms with Gasteiger partial charge in [-0.15, -0.1) is 0 Å². The Morgan fingerprint density at radius 1 is 1.10 bits per heavy atom. The number of carbonyl (C=O) groups excluding carboxylic acids is 2. The van der Waals surface area contributed by atoms with Gasteiger partial charge in [-0.1, -0.05) is 32.0 Å². The number of amides is 1. The summed E-state index contributed by atoms with van der Waals surface area (Å²) in [6, 6.07) is 7.79. The number of hydrogen-bond donors (Lipinski definition) is 1. The van der Waals surface area contributed by atoms with Crippen LogP contribution in [0.1, 0.15) is 61.2 Å². The zero-order chi connectivity index (χ0) is 22.0. The Morgan fingerprint density at radius 3 is 2.45 bits per heavy atom. The summed E-state index contributed by atoms with van der Waals surface area (Å²) in [5.74, 6) is -2.78. The van der Waals surface area contributed by atoms with Gasteiger partial charge >= 0.3 is 5.97 Å². The van der Waals surface area contributed by atoms with Crippen LogP contribution >= 0.6 is 0 Å². The van der Waals surface area contributed by atoms with Gasteiger partial charge in [0.25, 0.3) is 5.91 Å². The highest BCUT2D eigenvalue weighted by molar-refractivity contribution is 5.95. The van der Waals surface area contributed by atoms with Crippen molar-refractivity contribution in [2.75, 3.05) is 6.61 Å². The molecule has 0 aliphatic rings. The highest BCUT2D eigenvalue weighted by atomic mass is 19.2. The Hall–Kier alpha value is -2.76. The normalized spacial score (nSPS) is 10.0. The third-order valence-electron chi connectivity index (χ3n) is 4.47. The molecule has 0 saturated heterocycles. The number of hydrogen-bond acceptors (Lipinski definition) is 3. The van der Waals surface area contributed by atoms with E-state index in [4.69, 9.17) is 4.74 Å². The van der Waals surface area contributed by atoms with Crippen LogP contribution in [0.5, 0.6) is 0 Å². The van der Waals surface area contributed by atoms with Crippen LogP contribution in [0.2, 0.25) is 0 Å². The maximum Gasteiger partial charge on any atom is 0.306 e. The van der Waals surface area contributed by atoms with Crippen molar-refractivity contribution >= 4 is 11.9 Å². The molecule has 2 rings (SSSR count). The molecule has 0 aliphatic heterocycles. The van der Waals surface area contributed by atoms with Crippen LogP contribution in [0, 0.1) is 25.5 Å². The molecular weight excluding hydrogens is 376 g/mol. The summed E-state index contributed by atoms with van der Waals surface area (Å²) in [4.78, 5) is 24.0. The molecule has 4 nitrogen and oxygen atoms in total. The van der Waals surface area contributed by atoms with Crippen LogP contribution in [-0.2, 0) is 22.5 Å². The molecule has 2 aromatic carbocycles. The summed E-state index contributed by atoms with van der Waals surface area (Å²) < 4.78 is 32.8. The number of benzene rings is 2. The molecule has 29 heavy (non-hydrogen) atoms. The summed E-state index contributed by atoms with van der Waals surface area (Å²) in [6.07, 6.45) is 0.252. The summed E-state index contributed by atoms with van der Waals surface area (Å²) in [5, 5.41) is 2.64. The van der Waals surface area contributed by atoms with Crippen LogP contribution in [0.3, 0.4) is 0 Å². The fraction of sp³-hybridized carbons (Fsp3) is 0.391. The van der Waals surface area contributed by atoms with Crippen LogP contribution in [0.15, 0.2) is 30.3 Å². The van der Waals surface area contributed by atoms with Crippen LogP contribution in [0.4, 0.5) is 8.78 Å². The molecule has 0 aliphatic carbocycles. The minimum atomic E-state index is -1.02. The number of halogens is 2. The lowest BCUT2D eigenvalue weighted by Crippen LogP contribution is -2.25. The largest absolute Gasteiger partial charge is 0.466 e. The van der Waals surface area contributed by atoms with Crippen LogP contribution in [-0.4, -0.2) is 18.5 Å². The number of carbonyl (C=O) groups is 2. The molecular formula is C23H31F2NO3. The zero-order valence-corrected chi connectivity index (χ0v) is 17.7. The topological polar surface area (TPSA) is 55.4 Å². The van der Waals surface area contributed by atoms with Crippen LogP contribution < -0.4 is 5.32 Å². The van der Waals surface area contributed by atoms with Crippen molar-refractivity contribution in [3.8, 4) is 0 Å². The number of ether oxygens (including phenoxy) is 1. The van der Waals surface area contributed by atoms with E-state index in [1.165, 1.54) is 6.07 Å². The van der Waals surface area contributed by atoms with Gasteiger partial charge < -0.3 is 10.1 Å². The molecule has 0 heterocycles. The average molecular weight is 408 g/mol. The van der Waals surface area contributed by atoms with Gasteiger partial charge in [0.15, 0.2) is 11.6 Å². The monoisotopic (exact) mass is 407 g/mol. The second kappa shape index (κ2) is 11.9. The second-order valence-corrected chi connectivity index (χ2v) is 6.23. The Kier molecular flexibility index (Phi) is 10.00. The van der Waals surface area contributed by atoms with Gasteiger partial charge in [0.05, 0.1) is 6.61 Å². The van der Waals surface area contributed by atoms with E-state index in [0.29, 0.717) is 11.1 Å². The van der Waals surface area contributed by atoms with Crippen molar-refractivity contribution in [1.82, 2.24) is 5.32 Å². The van der Waals surface area contributed by atoms with Crippen molar-refractivity contribution in [1.29, 1.82) is 0 Å². The van der Waals surface area contributed by atoms with Gasteiger partial charge in [0.2, 0.25) is 0 Å². The number of rotatable bonds is 7. The molecule has 1 amide bonds. The third kappa shape index (κ3) is 6.66. The van der Waals surface area contributed by atoms with Gasteiger partial charge in [-0.25, -0.2) is 8.78 Å². The zero-order valence-electron chi connectivity index (χ0n) is 17.7. The molecule has 160 valence electrons. The standard InChI is InChI=1S/C21H23F2NO3.C2H6.H2/c1-4-27-19(25)11-9-15-8-10-18(22)20(23)17(15)12-24-21(26)16-7-5-6-13(2)14(16)3;1-2;/h5-8,10H,4,9,11-12H2,1-3H3,(H,24,26);1-2H3;1H. The number of esters is 1. The van der Waals surface area contributed by atoms with Crippen LogP contribution in [0.25, 0.3) is 0 Å². The highest BCUT2D eigenvalue weighted by Crippen LogP contribution is 2.20. The molecule has 0 fully saturated rings. The van der Waals surface area contributed by atoms with E-state index < -0.39 is 17.6 Å². The predicted octanol–water partition coefficient (Wildman–Crippen LogP) is 5.28. The van der Waals surface area contributed by atoms with Crippen molar-refractivity contribution in [3.05, 3.63) is 69.8 Å². The van der Waals surface area contributed by atoms with E-state index in [1.807, 2.05) is 33.8 Å². The summed E-state index contributed by atoms with van der Waals surface area (Å²) in [7, 11) is 0. The molecule has 0 radical (unpaired) electrons. The first-order valence-electron chi connectivity index (χ1n) is 9.81. The minimum Gasteiger partial charge on any atom is -0.466 e. The molecule has 0 aromatic heterocycles. The first kappa shape index (κ1) is 24.3. The Labute approximate surface area is 172 Å². The van der Waals surface area contributed by atoms with Gasteiger partial charge in [-0.3, -0.25) is 9.59 Å². The molecule has 2 aromatic rings. The van der Waals surface area contributed by atoms with Crippen molar-refractivity contribution < 1.29 is 24.5 Å². The quantitative estimate of drug-likeness (QED) is 0.636. The fourth-order valence-electron chi connectivity index (χ4n) is 2.79. The molecule has 1 N–H and O–H groups in total. The SMILES string of the molecule is CC.CCOC(=O)CCc1ccc(F)c(F)c1CNC(=O)c1cccc(C)c1C.[HH]. The van der Waals surface area contributed by atoms with Gasteiger partial charge in [0.1, 0.15) is 0 Å². The summed E-state index contributed by atoms with van der Waals surface area (Å²) >= 11 is 0. The fourth-order valence-corrected chi connectivity index (χ4v) is 2.79. The van der Waals surface area contributed by atoms with E-state index in [2.05, 4.69) is 5.32 Å². The van der Waals surface area contributed by atoms with E-state index in [-0.39, 0.29) is 38.9 Å². The highest BCUT2D eigenvalue weighted by Gasteiger charge is 2.17. The number of nitrogens with one attached hydrogen (secondary N) is 1. The van der Waals surface area contributed by atoms with E-state index in [1.54, 1.807) is 19.1 Å². The summed E-state index contributed by atoms with van der Waals surface area (Å²) in [6.45, 7) is 9.51. The Morgan fingerprint density at radius 2 is 1.79 bits per heavy atom. The molecule has 0 bridgehead atoms. The minimum absolute atomic E-state index is 0. The van der Waals surface area contributed by atoms with Crippen molar-refractivity contribution in [2.45, 2.75) is 54.0 Å². The molecule has 6 heteroatoms. The number of aryl methyl sites for hydroxylation is 2. The predicted molar refractivity (Wildman–Crippen MR) is 112 cm³/mol. The smallest absolute Gasteiger partial charge is 0.306 e. The first-order valence-corrected chi connectivity index (χ1v) is 9.81. The molecule has 0 unspecified atom stereocenters. The summed E-state index contributed by atoms with van der Waals surface area (Å²) in [5.41, 5.74) is 2.79. The van der Waals surface area contributed by atoms with Crippen molar-refractivity contribution in [2.24, 2.45) is 0 Å². The first-order chi connectivity index (χ1) is 13.8. The lowest BCUT2D eigenvalue weighted by atomic mass is 10.0. The van der Waals surface area contributed by atoms with E-state index in [9.17, 15) is 18.4 Å². The molecule has 0 spiro atoms. The molecule has 0 saturated carbocycles.